The Morgan fingerprint density at radius 2 is 1.78 bits per heavy atom. The van der Waals surface area contributed by atoms with Crippen LogP contribution in [0, 0.1) is 12.8 Å². The minimum Gasteiger partial charge on any atom is -0.489 e. The molecule has 0 aliphatic heterocycles. The van der Waals surface area contributed by atoms with E-state index in [1.54, 1.807) is 0 Å². The summed E-state index contributed by atoms with van der Waals surface area (Å²) in [7, 11) is 0. The normalized spacial score (nSPS) is 12.7. The Hall–Kier alpha value is -1.02. The summed E-state index contributed by atoms with van der Waals surface area (Å²) in [5, 5.41) is 3.48. The number of nitrogens with one attached hydrogen (secondary N) is 1. The Kier molecular flexibility index (Phi) is 6.81. The van der Waals surface area contributed by atoms with E-state index in [-0.39, 0.29) is 6.10 Å². The van der Waals surface area contributed by atoms with Crippen LogP contribution in [0.15, 0.2) is 24.3 Å². The van der Waals surface area contributed by atoms with E-state index in [0.29, 0.717) is 5.92 Å². The van der Waals surface area contributed by atoms with Crippen molar-refractivity contribution in [3.8, 4) is 5.75 Å². The fraction of sp³-hybridized carbons (Fsp3) is 0.625. The van der Waals surface area contributed by atoms with E-state index in [4.69, 9.17) is 4.74 Å². The Balaban J connectivity index is 2.43. The molecule has 1 atom stereocenters. The van der Waals surface area contributed by atoms with Crippen molar-refractivity contribution in [1.82, 2.24) is 5.32 Å². The van der Waals surface area contributed by atoms with Crippen LogP contribution < -0.4 is 10.1 Å². The molecule has 102 valence electrons. The van der Waals surface area contributed by atoms with Crippen molar-refractivity contribution in [1.29, 1.82) is 0 Å². The molecule has 1 aromatic rings. The van der Waals surface area contributed by atoms with Crippen molar-refractivity contribution in [2.45, 2.75) is 46.6 Å². The molecule has 0 bridgehead atoms. The molecule has 1 rings (SSSR count). The lowest BCUT2D eigenvalue weighted by atomic mass is 10.2. The number of rotatable bonds is 8. The van der Waals surface area contributed by atoms with Crippen molar-refractivity contribution < 1.29 is 4.74 Å². The third kappa shape index (κ3) is 6.06. The van der Waals surface area contributed by atoms with Gasteiger partial charge in [-0.25, -0.2) is 0 Å². The second-order valence-corrected chi connectivity index (χ2v) is 5.39. The number of aryl methyl sites for hydroxylation is 1. The molecule has 18 heavy (non-hydrogen) atoms. The highest BCUT2D eigenvalue weighted by molar-refractivity contribution is 5.26. The summed E-state index contributed by atoms with van der Waals surface area (Å²) in [4.78, 5) is 0. The third-order valence-electron chi connectivity index (χ3n) is 2.86. The smallest absolute Gasteiger partial charge is 0.119 e. The first-order valence-electron chi connectivity index (χ1n) is 7.05. The maximum absolute atomic E-state index is 6.03. The lowest BCUT2D eigenvalue weighted by molar-refractivity contribution is 0.185. The summed E-state index contributed by atoms with van der Waals surface area (Å²) in [6.45, 7) is 10.7. The molecule has 0 aliphatic carbocycles. The van der Waals surface area contributed by atoms with E-state index in [1.165, 1.54) is 5.56 Å². The van der Waals surface area contributed by atoms with Gasteiger partial charge in [-0.2, -0.15) is 0 Å². The van der Waals surface area contributed by atoms with Gasteiger partial charge in [-0.3, -0.25) is 0 Å². The molecule has 2 heteroatoms. The monoisotopic (exact) mass is 249 g/mol. The average molecular weight is 249 g/mol. The predicted octanol–water partition coefficient (Wildman–Crippen LogP) is 3.79. The van der Waals surface area contributed by atoms with Crippen LogP contribution in [0.25, 0.3) is 0 Å². The van der Waals surface area contributed by atoms with Crippen LogP contribution in [-0.2, 0) is 0 Å². The molecule has 1 aromatic carbocycles. The molecule has 0 radical (unpaired) electrons. The molecule has 0 spiro atoms. The maximum atomic E-state index is 6.03. The van der Waals surface area contributed by atoms with Gasteiger partial charge in [0.15, 0.2) is 0 Å². The summed E-state index contributed by atoms with van der Waals surface area (Å²) in [5.74, 6) is 1.66. The average Bonchev–Trinajstić information content (AvgIpc) is 2.32. The molecular weight excluding hydrogens is 222 g/mol. The van der Waals surface area contributed by atoms with E-state index in [9.17, 15) is 0 Å². The van der Waals surface area contributed by atoms with Gasteiger partial charge in [0.05, 0.1) is 0 Å². The number of benzene rings is 1. The van der Waals surface area contributed by atoms with E-state index in [2.05, 4.69) is 57.3 Å². The van der Waals surface area contributed by atoms with Crippen LogP contribution in [0.3, 0.4) is 0 Å². The summed E-state index contributed by atoms with van der Waals surface area (Å²) >= 11 is 0. The highest BCUT2D eigenvalue weighted by Gasteiger charge is 2.09. The lowest BCUT2D eigenvalue weighted by Crippen LogP contribution is -2.33. The number of hydrogen-bond acceptors (Lipinski definition) is 2. The summed E-state index contributed by atoms with van der Waals surface area (Å²) in [5.41, 5.74) is 1.27. The molecule has 2 nitrogen and oxygen atoms in total. The van der Waals surface area contributed by atoms with Gasteiger partial charge < -0.3 is 10.1 Å². The standard InChI is InChI=1S/C16H27NO/c1-5-6-16(12-17-11-13(2)3)18-15-9-7-14(4)8-10-15/h7-10,13,16-17H,5-6,11-12H2,1-4H3. The quantitative estimate of drug-likeness (QED) is 0.757. The van der Waals surface area contributed by atoms with Gasteiger partial charge in [-0.05, 0) is 37.9 Å². The fourth-order valence-corrected chi connectivity index (χ4v) is 1.87. The first-order valence-corrected chi connectivity index (χ1v) is 7.05. The Labute approximate surface area is 112 Å². The topological polar surface area (TPSA) is 21.3 Å². The molecule has 1 unspecified atom stereocenters. The first kappa shape index (κ1) is 15.0. The number of hydrogen-bond donors (Lipinski definition) is 1. The van der Waals surface area contributed by atoms with Gasteiger partial charge in [-0.15, -0.1) is 0 Å². The summed E-state index contributed by atoms with van der Waals surface area (Å²) in [6, 6.07) is 8.31. The largest absolute Gasteiger partial charge is 0.489 e. The maximum Gasteiger partial charge on any atom is 0.119 e. The molecular formula is C16H27NO. The zero-order chi connectivity index (χ0) is 13.4. The molecule has 0 aromatic heterocycles. The zero-order valence-electron chi connectivity index (χ0n) is 12.2. The molecule has 0 aliphatic rings. The molecule has 0 saturated heterocycles. The minimum atomic E-state index is 0.274. The Bertz CT molecular complexity index is 318. The van der Waals surface area contributed by atoms with Gasteiger partial charge in [0.1, 0.15) is 11.9 Å². The zero-order valence-corrected chi connectivity index (χ0v) is 12.2. The molecule has 0 fully saturated rings. The van der Waals surface area contributed by atoms with Gasteiger partial charge in [0.2, 0.25) is 0 Å². The van der Waals surface area contributed by atoms with Crippen LogP contribution in [0.1, 0.15) is 39.2 Å². The Morgan fingerprint density at radius 3 is 2.33 bits per heavy atom. The van der Waals surface area contributed by atoms with Crippen molar-refractivity contribution in [2.24, 2.45) is 5.92 Å². The highest BCUT2D eigenvalue weighted by atomic mass is 16.5. The summed E-state index contributed by atoms with van der Waals surface area (Å²) in [6.07, 6.45) is 2.52. The third-order valence-corrected chi connectivity index (χ3v) is 2.86. The lowest BCUT2D eigenvalue weighted by Gasteiger charge is -2.20. The highest BCUT2D eigenvalue weighted by Crippen LogP contribution is 2.15. The van der Waals surface area contributed by atoms with Gasteiger partial charge >= 0.3 is 0 Å². The van der Waals surface area contributed by atoms with Gasteiger partial charge in [0.25, 0.3) is 0 Å². The fourth-order valence-electron chi connectivity index (χ4n) is 1.87. The van der Waals surface area contributed by atoms with Gasteiger partial charge in [-0.1, -0.05) is 44.9 Å². The van der Waals surface area contributed by atoms with Crippen molar-refractivity contribution in [3.05, 3.63) is 29.8 Å². The molecule has 1 N–H and O–H groups in total. The van der Waals surface area contributed by atoms with Crippen molar-refractivity contribution >= 4 is 0 Å². The van der Waals surface area contributed by atoms with E-state index in [1.807, 2.05) is 0 Å². The predicted molar refractivity (Wildman–Crippen MR) is 78.2 cm³/mol. The second-order valence-electron chi connectivity index (χ2n) is 5.39. The minimum absolute atomic E-state index is 0.274. The summed E-state index contributed by atoms with van der Waals surface area (Å²) < 4.78 is 6.03. The second kappa shape index (κ2) is 8.15. The van der Waals surface area contributed by atoms with E-state index < -0.39 is 0 Å². The number of ether oxygens (including phenoxy) is 1. The van der Waals surface area contributed by atoms with Crippen LogP contribution in [0.4, 0.5) is 0 Å². The van der Waals surface area contributed by atoms with Crippen molar-refractivity contribution in [2.75, 3.05) is 13.1 Å². The molecule has 0 saturated carbocycles. The Morgan fingerprint density at radius 1 is 1.11 bits per heavy atom. The van der Waals surface area contributed by atoms with Crippen molar-refractivity contribution in [3.63, 3.8) is 0 Å². The van der Waals surface area contributed by atoms with Crippen LogP contribution >= 0.6 is 0 Å². The van der Waals surface area contributed by atoms with Gasteiger partial charge in [0, 0.05) is 6.54 Å². The van der Waals surface area contributed by atoms with Crippen LogP contribution in [-0.4, -0.2) is 19.2 Å². The first-order chi connectivity index (χ1) is 8.61. The molecule has 0 amide bonds. The SMILES string of the molecule is CCCC(CNCC(C)C)Oc1ccc(C)cc1. The van der Waals surface area contributed by atoms with Crippen LogP contribution in [0.2, 0.25) is 0 Å². The van der Waals surface area contributed by atoms with E-state index >= 15 is 0 Å². The van der Waals surface area contributed by atoms with Crippen LogP contribution in [0.5, 0.6) is 5.75 Å². The van der Waals surface area contributed by atoms with E-state index in [0.717, 1.165) is 31.7 Å². The molecule has 0 heterocycles.